The molecule has 0 rings (SSSR count). The van der Waals surface area contributed by atoms with E-state index in [0.29, 0.717) is 0 Å². The average molecular weight is 206 g/mol. The SMILES string of the molecule is CC(C)(C)S(=O)(=O)OC(F)(F)F. The van der Waals surface area contributed by atoms with E-state index in [9.17, 15) is 21.6 Å². The molecule has 0 amide bonds. The number of hydrogen-bond donors (Lipinski definition) is 0. The topological polar surface area (TPSA) is 43.4 Å². The zero-order chi connectivity index (χ0) is 10.2. The molecule has 0 atom stereocenters. The van der Waals surface area contributed by atoms with Crippen LogP contribution in [0, 0.1) is 0 Å². The summed E-state index contributed by atoms with van der Waals surface area (Å²) >= 11 is 0. The van der Waals surface area contributed by atoms with Crippen molar-refractivity contribution in [3.05, 3.63) is 0 Å². The van der Waals surface area contributed by atoms with Crippen LogP contribution in [0.25, 0.3) is 0 Å². The molecule has 0 aliphatic rings. The van der Waals surface area contributed by atoms with Crippen molar-refractivity contribution < 1.29 is 25.8 Å². The fourth-order valence-electron chi connectivity index (χ4n) is 0.249. The summed E-state index contributed by atoms with van der Waals surface area (Å²) in [6, 6.07) is 0. The van der Waals surface area contributed by atoms with Crippen molar-refractivity contribution >= 4 is 10.1 Å². The summed E-state index contributed by atoms with van der Waals surface area (Å²) in [6.07, 6.45) is -5.15. The minimum absolute atomic E-state index is 1.12. The minimum atomic E-state index is -5.15. The first-order valence-electron chi connectivity index (χ1n) is 2.98. The van der Waals surface area contributed by atoms with Crippen molar-refractivity contribution in [2.24, 2.45) is 0 Å². The molecule has 7 heteroatoms. The van der Waals surface area contributed by atoms with Crippen molar-refractivity contribution in [3.63, 3.8) is 0 Å². The molecule has 0 unspecified atom stereocenters. The smallest absolute Gasteiger partial charge is 0.199 e. The molecule has 0 saturated carbocycles. The van der Waals surface area contributed by atoms with Gasteiger partial charge in [-0.1, -0.05) is 0 Å². The fourth-order valence-corrected chi connectivity index (χ4v) is 0.748. The van der Waals surface area contributed by atoms with Crippen LogP contribution < -0.4 is 0 Å². The van der Waals surface area contributed by atoms with E-state index in [-0.39, 0.29) is 0 Å². The van der Waals surface area contributed by atoms with Crippen molar-refractivity contribution in [3.8, 4) is 0 Å². The van der Waals surface area contributed by atoms with E-state index in [1.165, 1.54) is 0 Å². The van der Waals surface area contributed by atoms with Gasteiger partial charge in [-0.05, 0) is 20.8 Å². The Kier molecular flexibility index (Phi) is 2.81. The summed E-state index contributed by atoms with van der Waals surface area (Å²) in [5.74, 6) is 0. The van der Waals surface area contributed by atoms with E-state index in [4.69, 9.17) is 0 Å². The quantitative estimate of drug-likeness (QED) is 0.612. The molecule has 0 fully saturated rings. The Hall–Kier alpha value is -0.300. The van der Waals surface area contributed by atoms with Crippen LogP contribution in [0.3, 0.4) is 0 Å². The molecular weight excluding hydrogens is 197 g/mol. The van der Waals surface area contributed by atoms with Crippen LogP contribution in [0.2, 0.25) is 0 Å². The number of halogens is 3. The van der Waals surface area contributed by atoms with E-state index in [2.05, 4.69) is 4.18 Å². The third-order valence-electron chi connectivity index (χ3n) is 0.954. The van der Waals surface area contributed by atoms with Gasteiger partial charge < -0.3 is 0 Å². The van der Waals surface area contributed by atoms with E-state index in [1.807, 2.05) is 0 Å². The van der Waals surface area contributed by atoms with Crippen molar-refractivity contribution in [1.29, 1.82) is 0 Å². The monoisotopic (exact) mass is 206 g/mol. The average Bonchev–Trinajstić information content (AvgIpc) is 1.52. The Morgan fingerprint density at radius 3 is 1.50 bits per heavy atom. The van der Waals surface area contributed by atoms with E-state index in [1.54, 1.807) is 0 Å². The van der Waals surface area contributed by atoms with Crippen molar-refractivity contribution in [2.75, 3.05) is 0 Å². The lowest BCUT2D eigenvalue weighted by Crippen LogP contribution is -2.34. The summed E-state index contributed by atoms with van der Waals surface area (Å²) in [7, 11) is -4.58. The number of alkyl halides is 3. The van der Waals surface area contributed by atoms with Gasteiger partial charge in [0.05, 0.1) is 4.75 Å². The highest BCUT2D eigenvalue weighted by Crippen LogP contribution is 2.26. The molecule has 12 heavy (non-hydrogen) atoms. The van der Waals surface area contributed by atoms with Crippen LogP contribution in [0.15, 0.2) is 0 Å². The Balaban J connectivity index is 4.70. The molecule has 0 heterocycles. The molecule has 0 aliphatic heterocycles. The number of rotatable bonds is 1. The summed E-state index contributed by atoms with van der Waals surface area (Å²) in [4.78, 5) is 0. The van der Waals surface area contributed by atoms with Crippen molar-refractivity contribution in [2.45, 2.75) is 31.9 Å². The lowest BCUT2D eigenvalue weighted by Gasteiger charge is -2.18. The Labute approximate surface area is 68.6 Å². The molecule has 0 spiro atoms. The number of hydrogen-bond acceptors (Lipinski definition) is 3. The lowest BCUT2D eigenvalue weighted by atomic mass is 10.3. The summed E-state index contributed by atoms with van der Waals surface area (Å²) in [5, 5.41) is 0. The highest BCUT2D eigenvalue weighted by atomic mass is 32.2. The summed E-state index contributed by atoms with van der Waals surface area (Å²) in [5.41, 5.74) is 0. The van der Waals surface area contributed by atoms with Gasteiger partial charge in [-0.2, -0.15) is 12.6 Å². The predicted octanol–water partition coefficient (Wildman–Crippen LogP) is 1.65. The van der Waals surface area contributed by atoms with Crippen LogP contribution >= 0.6 is 0 Å². The maximum atomic E-state index is 11.5. The zero-order valence-electron chi connectivity index (χ0n) is 6.77. The first-order chi connectivity index (χ1) is 4.96. The summed E-state index contributed by atoms with van der Waals surface area (Å²) < 4.78 is 57.3. The molecule has 0 aliphatic carbocycles. The molecular formula is C5H9F3O3S. The second-order valence-electron chi connectivity index (χ2n) is 3.10. The van der Waals surface area contributed by atoms with Crippen LogP contribution in [-0.4, -0.2) is 19.5 Å². The van der Waals surface area contributed by atoms with Crippen LogP contribution in [0.4, 0.5) is 13.2 Å². The standard InChI is InChI=1S/C5H9F3O3S/c1-4(2,3)12(9,10)11-5(6,7)8/h1-3H3. The lowest BCUT2D eigenvalue weighted by molar-refractivity contribution is -0.272. The van der Waals surface area contributed by atoms with Gasteiger partial charge >= 0.3 is 6.36 Å². The highest BCUT2D eigenvalue weighted by molar-refractivity contribution is 7.88. The molecule has 0 bridgehead atoms. The second-order valence-corrected chi connectivity index (χ2v) is 5.40. The van der Waals surface area contributed by atoms with E-state index in [0.717, 1.165) is 20.8 Å². The maximum absolute atomic E-state index is 11.5. The zero-order valence-corrected chi connectivity index (χ0v) is 7.58. The van der Waals surface area contributed by atoms with Crippen LogP contribution in [0.5, 0.6) is 0 Å². The molecule has 74 valence electrons. The van der Waals surface area contributed by atoms with Gasteiger partial charge in [0.1, 0.15) is 0 Å². The Morgan fingerprint density at radius 1 is 1.08 bits per heavy atom. The normalized spacial score (nSPS) is 14.8. The van der Waals surface area contributed by atoms with Crippen LogP contribution in [-0.2, 0) is 14.3 Å². The van der Waals surface area contributed by atoms with Gasteiger partial charge in [0, 0.05) is 0 Å². The van der Waals surface area contributed by atoms with Gasteiger partial charge in [-0.25, -0.2) is 0 Å². The third-order valence-corrected chi connectivity index (χ3v) is 2.86. The largest absolute Gasteiger partial charge is 0.537 e. The first kappa shape index (κ1) is 11.7. The van der Waals surface area contributed by atoms with Gasteiger partial charge in [0.15, 0.2) is 0 Å². The van der Waals surface area contributed by atoms with Gasteiger partial charge in [0.25, 0.3) is 10.1 Å². The molecule has 3 nitrogen and oxygen atoms in total. The molecule has 0 aromatic rings. The molecule has 0 saturated heterocycles. The predicted molar refractivity (Wildman–Crippen MR) is 35.8 cm³/mol. The van der Waals surface area contributed by atoms with E-state index < -0.39 is 21.2 Å². The molecule has 0 aromatic heterocycles. The van der Waals surface area contributed by atoms with Crippen molar-refractivity contribution in [1.82, 2.24) is 0 Å². The second kappa shape index (κ2) is 2.88. The fraction of sp³-hybridized carbons (Fsp3) is 1.00. The Morgan fingerprint density at radius 2 is 1.42 bits per heavy atom. The minimum Gasteiger partial charge on any atom is -0.199 e. The third kappa shape index (κ3) is 3.40. The van der Waals surface area contributed by atoms with Gasteiger partial charge in [-0.15, -0.1) is 13.2 Å². The van der Waals surface area contributed by atoms with Gasteiger partial charge in [-0.3, -0.25) is 0 Å². The summed E-state index contributed by atoms with van der Waals surface area (Å²) in [6.45, 7) is 3.36. The first-order valence-corrected chi connectivity index (χ1v) is 4.38. The van der Waals surface area contributed by atoms with Crippen LogP contribution in [0.1, 0.15) is 20.8 Å². The van der Waals surface area contributed by atoms with Gasteiger partial charge in [0.2, 0.25) is 0 Å². The van der Waals surface area contributed by atoms with E-state index >= 15 is 0 Å². The molecule has 0 aromatic carbocycles. The molecule has 0 N–H and O–H groups in total. The maximum Gasteiger partial charge on any atom is 0.537 e. The molecule has 0 radical (unpaired) electrons. The Bertz CT molecular complexity index is 246. The highest BCUT2D eigenvalue weighted by Gasteiger charge is 2.42.